The van der Waals surface area contributed by atoms with Crippen LogP contribution in [0.3, 0.4) is 0 Å². The van der Waals surface area contributed by atoms with Crippen LogP contribution in [0.15, 0.2) is 0 Å². The van der Waals surface area contributed by atoms with Crippen LogP contribution in [0.25, 0.3) is 0 Å². The normalized spacial score (nSPS) is 61.3. The molecule has 8 atom stereocenters. The number of rotatable bonds is 0. The van der Waals surface area contributed by atoms with Crippen LogP contribution < -0.4 is 0 Å². The van der Waals surface area contributed by atoms with E-state index in [0.717, 1.165) is 56.1 Å². The molecule has 6 aliphatic rings. The second-order valence-electron chi connectivity index (χ2n) is 10.9. The van der Waals surface area contributed by atoms with Crippen LogP contribution in [-0.2, 0) is 9.47 Å². The van der Waals surface area contributed by atoms with Gasteiger partial charge in [0.1, 0.15) is 0 Å². The van der Waals surface area contributed by atoms with E-state index in [1.54, 1.807) is 0 Å². The van der Waals surface area contributed by atoms with Gasteiger partial charge in [-0.05, 0) is 85.9 Å². The Morgan fingerprint density at radius 2 is 1.52 bits per heavy atom. The van der Waals surface area contributed by atoms with Crippen molar-refractivity contribution < 1.29 is 14.6 Å². The first-order chi connectivity index (χ1) is 11.9. The third-order valence-electron chi connectivity index (χ3n) is 10.6. The van der Waals surface area contributed by atoms with Gasteiger partial charge in [0.05, 0.1) is 19.3 Å². The molecule has 0 aromatic heterocycles. The zero-order valence-corrected chi connectivity index (χ0v) is 15.9. The summed E-state index contributed by atoms with van der Waals surface area (Å²) in [7, 11) is 0. The van der Waals surface area contributed by atoms with Crippen LogP contribution in [0, 0.1) is 39.9 Å². The molecule has 1 heterocycles. The molecule has 3 heteroatoms. The number of ether oxygens (including phenoxy) is 2. The Morgan fingerprint density at radius 1 is 0.840 bits per heavy atom. The quantitative estimate of drug-likeness (QED) is 0.717. The van der Waals surface area contributed by atoms with Crippen molar-refractivity contribution in [3.05, 3.63) is 0 Å². The van der Waals surface area contributed by atoms with Gasteiger partial charge >= 0.3 is 0 Å². The largest absolute Gasteiger partial charge is 0.393 e. The Labute approximate surface area is 151 Å². The number of aliphatic hydroxyl groups is 1. The van der Waals surface area contributed by atoms with Crippen LogP contribution in [0.2, 0.25) is 0 Å². The van der Waals surface area contributed by atoms with Gasteiger partial charge in [-0.15, -0.1) is 0 Å². The summed E-state index contributed by atoms with van der Waals surface area (Å²) in [5.74, 6) is 3.15. The van der Waals surface area contributed by atoms with Crippen LogP contribution in [-0.4, -0.2) is 30.2 Å². The van der Waals surface area contributed by atoms with E-state index < -0.39 is 0 Å². The molecule has 1 N–H and O–H groups in total. The molecule has 25 heavy (non-hydrogen) atoms. The van der Waals surface area contributed by atoms with E-state index in [4.69, 9.17) is 9.47 Å². The summed E-state index contributed by atoms with van der Waals surface area (Å²) in [6, 6.07) is 0. The smallest absolute Gasteiger partial charge is 0.174 e. The van der Waals surface area contributed by atoms with Gasteiger partial charge in [-0.1, -0.05) is 13.8 Å². The molecule has 1 saturated heterocycles. The molecule has 1 aliphatic heterocycles. The van der Waals surface area contributed by atoms with Crippen molar-refractivity contribution in [2.24, 2.45) is 39.9 Å². The Balaban J connectivity index is 1.36. The van der Waals surface area contributed by atoms with Crippen LogP contribution in [0.1, 0.15) is 71.6 Å². The summed E-state index contributed by atoms with van der Waals surface area (Å²) < 4.78 is 12.6. The average Bonchev–Trinajstić information content (AvgIpc) is 2.95. The first-order valence-corrected chi connectivity index (χ1v) is 10.9. The molecule has 6 rings (SSSR count). The molecule has 5 aliphatic carbocycles. The number of fused-ring (bicyclic) bond motifs is 5. The Morgan fingerprint density at radius 3 is 2.32 bits per heavy atom. The highest BCUT2D eigenvalue weighted by Crippen LogP contribution is 2.81. The highest BCUT2D eigenvalue weighted by atomic mass is 16.7. The molecule has 2 unspecified atom stereocenters. The van der Waals surface area contributed by atoms with E-state index in [9.17, 15) is 5.11 Å². The molecule has 0 amide bonds. The molecule has 5 saturated carbocycles. The number of aliphatic hydroxyl groups excluding tert-OH is 1. The zero-order chi connectivity index (χ0) is 17.1. The molecule has 2 spiro atoms. The van der Waals surface area contributed by atoms with Crippen LogP contribution in [0.5, 0.6) is 0 Å². The highest BCUT2D eigenvalue weighted by molar-refractivity contribution is 5.23. The van der Waals surface area contributed by atoms with Gasteiger partial charge < -0.3 is 14.6 Å². The lowest BCUT2D eigenvalue weighted by Crippen LogP contribution is -2.57. The molecule has 0 aromatic carbocycles. The molecule has 0 bridgehead atoms. The highest BCUT2D eigenvalue weighted by Gasteiger charge is 2.75. The Bertz CT molecular complexity index is 598. The molecule has 6 fully saturated rings. The molecule has 3 nitrogen and oxygen atoms in total. The SMILES string of the molecule is C[C@]12CC[C@H]3[C@@H](CC4CC45C[C@@H](O)CC[C@]35C)[C@@H]1CCC21OCCO1. The van der Waals surface area contributed by atoms with Crippen molar-refractivity contribution in [2.75, 3.05) is 13.2 Å². The van der Waals surface area contributed by atoms with E-state index in [-0.39, 0.29) is 17.3 Å². The van der Waals surface area contributed by atoms with Gasteiger partial charge in [-0.25, -0.2) is 0 Å². The fraction of sp³-hybridized carbons (Fsp3) is 1.00. The number of hydrogen-bond donors (Lipinski definition) is 1. The van der Waals surface area contributed by atoms with Crippen molar-refractivity contribution >= 4 is 0 Å². The van der Waals surface area contributed by atoms with Crippen molar-refractivity contribution in [2.45, 2.75) is 83.5 Å². The first kappa shape index (κ1) is 15.9. The predicted molar refractivity (Wildman–Crippen MR) is 94.8 cm³/mol. The van der Waals surface area contributed by atoms with Gasteiger partial charge in [0.15, 0.2) is 5.79 Å². The summed E-state index contributed by atoms with van der Waals surface area (Å²) in [5.41, 5.74) is 1.20. The maximum Gasteiger partial charge on any atom is 0.174 e. The lowest BCUT2D eigenvalue weighted by atomic mass is 9.44. The number of hydrogen-bond acceptors (Lipinski definition) is 3. The van der Waals surface area contributed by atoms with Crippen molar-refractivity contribution in [1.29, 1.82) is 0 Å². The van der Waals surface area contributed by atoms with Crippen LogP contribution in [0.4, 0.5) is 0 Å². The summed E-state index contributed by atoms with van der Waals surface area (Å²) in [4.78, 5) is 0. The van der Waals surface area contributed by atoms with Crippen molar-refractivity contribution in [3.63, 3.8) is 0 Å². The first-order valence-electron chi connectivity index (χ1n) is 10.9. The summed E-state index contributed by atoms with van der Waals surface area (Å²) in [6.07, 6.45) is 11.2. The maximum atomic E-state index is 10.3. The van der Waals surface area contributed by atoms with Crippen molar-refractivity contribution in [3.8, 4) is 0 Å². The van der Waals surface area contributed by atoms with Gasteiger partial charge in [-0.3, -0.25) is 0 Å². The molecular weight excluding hydrogens is 312 g/mol. The third-order valence-corrected chi connectivity index (χ3v) is 10.6. The van der Waals surface area contributed by atoms with Gasteiger partial charge in [-0.2, -0.15) is 0 Å². The van der Waals surface area contributed by atoms with E-state index in [0.29, 0.717) is 10.8 Å². The lowest BCUT2D eigenvalue weighted by Gasteiger charge is -2.61. The Hall–Kier alpha value is -0.120. The third kappa shape index (κ3) is 1.66. The zero-order valence-electron chi connectivity index (χ0n) is 15.9. The second kappa shape index (κ2) is 4.64. The molecule has 0 aromatic rings. The summed E-state index contributed by atoms with van der Waals surface area (Å²) in [6.45, 7) is 6.69. The second-order valence-corrected chi connectivity index (χ2v) is 10.9. The maximum absolute atomic E-state index is 10.3. The molecular formula is C22H34O3. The van der Waals surface area contributed by atoms with Gasteiger partial charge in [0.2, 0.25) is 0 Å². The fourth-order valence-electron chi connectivity index (χ4n) is 9.29. The van der Waals surface area contributed by atoms with E-state index in [2.05, 4.69) is 13.8 Å². The standard InChI is InChI=1S/C22H34O3/c1-19-6-3-15(23)13-21(19)12-14(21)11-16-17(19)4-7-20(2)18(16)5-8-22(20)24-9-10-25-22/h14-18,23H,3-13H2,1-2H3/t14?,15-,16+,17-,18-,19+,20-,21?/m0/s1. The van der Waals surface area contributed by atoms with Gasteiger partial charge in [0, 0.05) is 11.8 Å². The predicted octanol–water partition coefficient (Wildman–Crippen LogP) is 4.13. The minimum Gasteiger partial charge on any atom is -0.393 e. The average molecular weight is 347 g/mol. The summed E-state index contributed by atoms with van der Waals surface area (Å²) in [5, 5.41) is 10.3. The molecule has 140 valence electrons. The lowest BCUT2D eigenvalue weighted by molar-refractivity contribution is -0.248. The van der Waals surface area contributed by atoms with E-state index >= 15 is 0 Å². The minimum atomic E-state index is -0.260. The van der Waals surface area contributed by atoms with Gasteiger partial charge in [0.25, 0.3) is 0 Å². The minimum absolute atomic E-state index is 0.0291. The van der Waals surface area contributed by atoms with Crippen molar-refractivity contribution in [1.82, 2.24) is 0 Å². The van der Waals surface area contributed by atoms with Crippen LogP contribution >= 0.6 is 0 Å². The summed E-state index contributed by atoms with van der Waals surface area (Å²) >= 11 is 0. The Kier molecular flexibility index (Phi) is 2.95. The van der Waals surface area contributed by atoms with E-state index in [1.807, 2.05) is 0 Å². The monoisotopic (exact) mass is 346 g/mol. The molecule has 0 radical (unpaired) electrons. The van der Waals surface area contributed by atoms with E-state index in [1.165, 1.54) is 38.5 Å². The fourth-order valence-corrected chi connectivity index (χ4v) is 9.29. The topological polar surface area (TPSA) is 38.7 Å².